The minimum atomic E-state index is -2.38. The van der Waals surface area contributed by atoms with E-state index >= 15 is 0 Å². The summed E-state index contributed by atoms with van der Waals surface area (Å²) in [4.78, 5) is 53.0. The predicted molar refractivity (Wildman–Crippen MR) is 219 cm³/mol. The maximum atomic E-state index is 14.5. The molecule has 10 nitrogen and oxygen atoms in total. The van der Waals surface area contributed by atoms with Crippen LogP contribution in [0.1, 0.15) is 85.6 Å². The number of esters is 2. The molecule has 0 fully saturated rings. The molecule has 56 heavy (non-hydrogen) atoms. The van der Waals surface area contributed by atoms with Crippen LogP contribution in [-0.2, 0) is 30.0 Å². The lowest BCUT2D eigenvalue weighted by atomic mass is 9.94. The maximum Gasteiger partial charge on any atom is 0.341 e. The monoisotopic (exact) mass is 784 g/mol. The van der Waals surface area contributed by atoms with E-state index in [9.17, 15) is 23.6 Å². The number of nitrogens with one attached hydrogen (secondary N) is 1. The van der Waals surface area contributed by atoms with Crippen molar-refractivity contribution in [3.8, 4) is 28.0 Å². The number of benzene rings is 3. The number of methoxy groups -OCH3 is 3. The molecule has 298 valence electrons. The first-order valence-electron chi connectivity index (χ1n) is 18.5. The van der Waals surface area contributed by atoms with Gasteiger partial charge in [0, 0.05) is 30.1 Å². The fraction of sp³-hybridized carbons (Fsp3) is 0.364. The van der Waals surface area contributed by atoms with E-state index < -0.39 is 38.1 Å². The van der Waals surface area contributed by atoms with Gasteiger partial charge in [0.15, 0.2) is 14.1 Å². The average molecular weight is 785 g/mol. The van der Waals surface area contributed by atoms with E-state index in [1.54, 1.807) is 36.4 Å². The second-order valence-corrected chi connectivity index (χ2v) is 20.1. The van der Waals surface area contributed by atoms with Crippen molar-refractivity contribution in [2.24, 2.45) is 0 Å². The van der Waals surface area contributed by atoms with E-state index in [-0.39, 0.29) is 41.8 Å². The van der Waals surface area contributed by atoms with Gasteiger partial charge in [-0.05, 0) is 85.1 Å². The molecule has 12 heteroatoms. The van der Waals surface area contributed by atoms with Crippen LogP contribution in [0.25, 0.3) is 28.3 Å². The number of rotatable bonds is 16. The van der Waals surface area contributed by atoms with Gasteiger partial charge >= 0.3 is 11.9 Å². The van der Waals surface area contributed by atoms with Gasteiger partial charge in [-0.3, -0.25) is 14.4 Å². The van der Waals surface area contributed by atoms with Gasteiger partial charge in [0.2, 0.25) is 0 Å². The van der Waals surface area contributed by atoms with Crippen LogP contribution in [0.4, 0.5) is 4.39 Å². The zero-order chi connectivity index (χ0) is 41.4. The van der Waals surface area contributed by atoms with Gasteiger partial charge in [-0.15, -0.1) is 0 Å². The first-order chi connectivity index (χ1) is 26.4. The van der Waals surface area contributed by atoms with Crippen molar-refractivity contribution in [1.29, 1.82) is 0 Å². The van der Waals surface area contributed by atoms with Gasteiger partial charge in [0.1, 0.15) is 22.8 Å². The first-order valence-corrected chi connectivity index (χ1v) is 21.4. The van der Waals surface area contributed by atoms with Crippen LogP contribution < -0.4 is 10.1 Å². The van der Waals surface area contributed by atoms with E-state index in [0.717, 1.165) is 5.56 Å². The molecule has 1 N–H and O–H groups in total. The lowest BCUT2D eigenvalue weighted by Crippen LogP contribution is -2.44. The molecule has 0 aliphatic carbocycles. The fourth-order valence-electron chi connectivity index (χ4n) is 6.20. The number of ether oxygens (including phenoxy) is 3. The van der Waals surface area contributed by atoms with Crippen LogP contribution in [0.5, 0.6) is 5.75 Å². The van der Waals surface area contributed by atoms with Crippen LogP contribution in [0.2, 0.25) is 18.1 Å². The number of aromatic nitrogens is 1. The zero-order valence-electron chi connectivity index (χ0n) is 34.0. The Morgan fingerprint density at radius 3 is 2.07 bits per heavy atom. The number of halogens is 1. The quantitative estimate of drug-likeness (QED) is 0.0678. The second kappa shape index (κ2) is 18.5. The van der Waals surface area contributed by atoms with Gasteiger partial charge in [0.25, 0.3) is 5.91 Å². The number of allylic oxidation sites excluding steroid dienone is 1. The highest BCUT2D eigenvalue weighted by atomic mass is 28.4. The van der Waals surface area contributed by atoms with E-state index in [1.807, 2.05) is 48.7 Å². The molecule has 1 amide bonds. The van der Waals surface area contributed by atoms with E-state index in [2.05, 4.69) is 39.2 Å². The third-order valence-corrected chi connectivity index (χ3v) is 14.6. The summed E-state index contributed by atoms with van der Waals surface area (Å²) in [6.45, 7) is 14.4. The van der Waals surface area contributed by atoms with Gasteiger partial charge in [0.05, 0.1) is 39.5 Å². The van der Waals surface area contributed by atoms with Crippen LogP contribution in [0.15, 0.2) is 78.9 Å². The third kappa shape index (κ3) is 10.3. The summed E-state index contributed by atoms with van der Waals surface area (Å²) in [5.41, 5.74) is 4.43. The molecule has 0 unspecified atom stereocenters. The Bertz CT molecular complexity index is 2060. The lowest BCUT2D eigenvalue weighted by molar-refractivity contribution is -0.142. The molecular weight excluding hydrogens is 732 g/mol. The number of nitrogens with zero attached hydrogens (tertiary/aromatic N) is 1. The molecule has 1 heterocycles. The Hall–Kier alpha value is -5.33. The van der Waals surface area contributed by atoms with Crippen molar-refractivity contribution < 1.29 is 42.2 Å². The van der Waals surface area contributed by atoms with Crippen molar-refractivity contribution in [2.45, 2.75) is 84.3 Å². The van der Waals surface area contributed by atoms with Gasteiger partial charge in [-0.1, -0.05) is 69.3 Å². The third-order valence-electron chi connectivity index (χ3n) is 10.0. The number of hydrogen-bond donors (Lipinski definition) is 1. The summed E-state index contributed by atoms with van der Waals surface area (Å²) in [5, 5.41) is 2.88. The van der Waals surface area contributed by atoms with Crippen molar-refractivity contribution in [3.05, 3.63) is 107 Å². The van der Waals surface area contributed by atoms with Gasteiger partial charge in [-0.2, -0.15) is 0 Å². The molecule has 4 rings (SSSR count). The molecule has 0 saturated carbocycles. The highest BCUT2D eigenvalue weighted by molar-refractivity contribution is 6.74. The van der Waals surface area contributed by atoms with E-state index in [4.69, 9.17) is 18.6 Å². The number of hydrogen-bond acceptors (Lipinski definition) is 8. The van der Waals surface area contributed by atoms with E-state index in [1.165, 1.54) is 39.5 Å². The van der Waals surface area contributed by atoms with Crippen LogP contribution >= 0.6 is 0 Å². The predicted octanol–water partition coefficient (Wildman–Crippen LogP) is 9.19. The highest BCUT2D eigenvalue weighted by Gasteiger charge is 2.40. The molecule has 0 aliphatic heterocycles. The van der Waals surface area contributed by atoms with Crippen molar-refractivity contribution in [2.75, 3.05) is 21.3 Å². The van der Waals surface area contributed by atoms with Gasteiger partial charge < -0.3 is 28.5 Å². The summed E-state index contributed by atoms with van der Waals surface area (Å²) in [6, 6.07) is 20.1. The molecule has 3 aromatic carbocycles. The summed E-state index contributed by atoms with van der Waals surface area (Å²) in [5.74, 6) is -1.82. The minimum Gasteiger partial charge on any atom is -0.496 e. The highest BCUT2D eigenvalue weighted by Crippen LogP contribution is 2.43. The normalized spacial score (nSPS) is 12.4. The largest absolute Gasteiger partial charge is 0.496 e. The smallest absolute Gasteiger partial charge is 0.341 e. The number of carbonyl (C=O) groups excluding carboxylic acids is 4. The Balaban J connectivity index is 1.86. The average Bonchev–Trinajstić information content (AvgIpc) is 3.51. The Labute approximate surface area is 330 Å². The molecule has 0 bridgehead atoms. The summed E-state index contributed by atoms with van der Waals surface area (Å²) >= 11 is 0. The van der Waals surface area contributed by atoms with E-state index in [0.29, 0.717) is 39.4 Å². The topological polar surface area (TPSA) is 122 Å². The van der Waals surface area contributed by atoms with Crippen molar-refractivity contribution >= 4 is 38.0 Å². The molecule has 0 spiro atoms. The Kier molecular flexibility index (Phi) is 14.4. The number of ketones is 1. The van der Waals surface area contributed by atoms with Crippen molar-refractivity contribution in [1.82, 2.24) is 9.88 Å². The first kappa shape index (κ1) is 43.4. The SMILES string of the molecule is COC(=O)C[C@@H](CC(=O)/C=C/c1c(-c2ccc(F)cc2)c(-c2ccccc2)c(C(=O)NCc2ccc(C(=O)OC)c(OC)c2)n1C(C)C)O[Si](C)(C)C(C)(C)C. The molecule has 0 saturated heterocycles. The number of carbonyl (C=O) groups is 4. The van der Waals surface area contributed by atoms with Crippen molar-refractivity contribution in [3.63, 3.8) is 0 Å². The lowest BCUT2D eigenvalue weighted by Gasteiger charge is -2.39. The minimum absolute atomic E-state index is 0.0660. The summed E-state index contributed by atoms with van der Waals surface area (Å²) in [6.07, 6.45) is 2.29. The molecule has 0 radical (unpaired) electrons. The Morgan fingerprint density at radius 1 is 0.857 bits per heavy atom. The summed E-state index contributed by atoms with van der Waals surface area (Å²) in [7, 11) is 1.67. The van der Waals surface area contributed by atoms with Crippen LogP contribution in [0, 0.1) is 5.82 Å². The zero-order valence-corrected chi connectivity index (χ0v) is 35.0. The van der Waals surface area contributed by atoms with Gasteiger partial charge in [-0.25, -0.2) is 9.18 Å². The standard InChI is InChI=1S/C44H53FN2O8Si/c1-28(2)47-36(23-21-33(48)25-34(26-38(49)53-7)55-56(9,10)44(3,4)5)39(31-17-19-32(45)20-18-31)40(30-14-12-11-13-15-30)41(47)42(50)46-27-29-16-22-35(43(51)54-8)37(24-29)52-6/h11-24,28,34H,25-27H2,1-10H3,(H,46,50)/b23-21+/t34-/m1/s1. The Morgan fingerprint density at radius 2 is 1.50 bits per heavy atom. The molecule has 1 atom stereocenters. The van der Waals surface area contributed by atoms with Crippen LogP contribution in [0.3, 0.4) is 0 Å². The number of amides is 1. The molecule has 0 aliphatic rings. The fourth-order valence-corrected chi connectivity index (χ4v) is 7.55. The molecule has 4 aromatic rings. The van der Waals surface area contributed by atoms with Crippen LogP contribution in [-0.4, -0.2) is 63.9 Å². The maximum absolute atomic E-state index is 14.5. The summed E-state index contributed by atoms with van der Waals surface area (Å²) < 4.78 is 38.0. The second-order valence-electron chi connectivity index (χ2n) is 15.3. The molecular formula is C44H53FN2O8Si. The molecule has 1 aromatic heterocycles.